The smallest absolute Gasteiger partial charge is 0.159 e. The van der Waals surface area contributed by atoms with Crippen molar-refractivity contribution in [1.82, 2.24) is 0 Å². The van der Waals surface area contributed by atoms with Gasteiger partial charge in [-0.1, -0.05) is 218 Å². The summed E-state index contributed by atoms with van der Waals surface area (Å²) < 4.78 is 6.90. The monoisotopic (exact) mass is 882 g/mol. The van der Waals surface area contributed by atoms with Crippen molar-refractivity contribution in [2.24, 2.45) is 0 Å². The zero-order valence-corrected chi connectivity index (χ0v) is 37.9. The topological polar surface area (TPSA) is 19.6 Å². The average molecular weight is 883 g/mol. The summed E-state index contributed by atoms with van der Waals surface area (Å²) in [6, 6.07) is 99.9. The number of anilines is 6. The first-order chi connectivity index (χ1) is 34.2. The molecular weight excluding hydrogens is 837 g/mol. The Morgan fingerprint density at radius 2 is 0.580 bits per heavy atom. The Kier molecular flexibility index (Phi) is 10.9. The molecule has 3 nitrogen and oxygen atoms in total. The van der Waals surface area contributed by atoms with Gasteiger partial charge in [-0.2, -0.15) is 0 Å². The van der Waals surface area contributed by atoms with Gasteiger partial charge < -0.3 is 14.2 Å². The summed E-state index contributed by atoms with van der Waals surface area (Å²) in [6.45, 7) is 0. The molecule has 0 saturated heterocycles. The summed E-state index contributed by atoms with van der Waals surface area (Å²) in [5.41, 5.74) is 19.1. The van der Waals surface area contributed by atoms with Crippen molar-refractivity contribution < 1.29 is 4.42 Å². The molecular formula is C66H46N2O. The molecule has 0 bridgehead atoms. The van der Waals surface area contributed by atoms with E-state index < -0.39 is 0 Å². The largest absolute Gasteiger partial charge is 0.454 e. The predicted molar refractivity (Wildman–Crippen MR) is 290 cm³/mol. The summed E-state index contributed by atoms with van der Waals surface area (Å²) in [7, 11) is 0. The van der Waals surface area contributed by atoms with Crippen molar-refractivity contribution in [2.45, 2.75) is 0 Å². The van der Waals surface area contributed by atoms with E-state index in [1.165, 1.54) is 16.7 Å². The number of hydrogen-bond acceptors (Lipinski definition) is 3. The van der Waals surface area contributed by atoms with E-state index >= 15 is 0 Å². The minimum atomic E-state index is 0.823. The Labute approximate surface area is 403 Å². The summed E-state index contributed by atoms with van der Waals surface area (Å²) >= 11 is 0. The Morgan fingerprint density at radius 3 is 1.03 bits per heavy atom. The van der Waals surface area contributed by atoms with Gasteiger partial charge in [0.1, 0.15) is 5.58 Å². The highest BCUT2D eigenvalue weighted by atomic mass is 16.3. The van der Waals surface area contributed by atoms with Crippen LogP contribution in [0.4, 0.5) is 34.1 Å². The molecule has 0 aliphatic rings. The highest BCUT2D eigenvalue weighted by Gasteiger charge is 2.27. The zero-order valence-electron chi connectivity index (χ0n) is 37.9. The molecule has 1 aromatic heterocycles. The van der Waals surface area contributed by atoms with Crippen molar-refractivity contribution in [3.63, 3.8) is 0 Å². The van der Waals surface area contributed by atoms with Gasteiger partial charge in [0.2, 0.25) is 0 Å². The van der Waals surface area contributed by atoms with Crippen molar-refractivity contribution in [1.29, 1.82) is 0 Å². The molecule has 0 atom stereocenters. The third kappa shape index (κ3) is 8.03. The Morgan fingerprint density at radius 1 is 0.232 bits per heavy atom. The Bertz CT molecular complexity index is 3580. The molecule has 3 heteroatoms. The van der Waals surface area contributed by atoms with Crippen LogP contribution in [0.1, 0.15) is 0 Å². The van der Waals surface area contributed by atoms with Gasteiger partial charge in [-0.25, -0.2) is 0 Å². The first-order valence-corrected chi connectivity index (χ1v) is 23.5. The van der Waals surface area contributed by atoms with Gasteiger partial charge in [-0.15, -0.1) is 0 Å². The molecule has 12 aromatic rings. The van der Waals surface area contributed by atoms with Crippen molar-refractivity contribution in [2.75, 3.05) is 9.80 Å². The third-order valence-corrected chi connectivity index (χ3v) is 13.1. The van der Waals surface area contributed by atoms with Gasteiger partial charge in [0.05, 0.1) is 17.1 Å². The number of para-hydroxylation sites is 2. The quantitative estimate of drug-likeness (QED) is 0.129. The highest BCUT2D eigenvalue weighted by Crippen LogP contribution is 2.51. The summed E-state index contributed by atoms with van der Waals surface area (Å²) in [5.74, 6) is 0. The van der Waals surface area contributed by atoms with Gasteiger partial charge >= 0.3 is 0 Å². The number of fused-ring (bicyclic) bond motifs is 3. The number of nitrogens with zero attached hydrogens (tertiary/aromatic N) is 2. The number of rotatable bonds is 11. The van der Waals surface area contributed by atoms with E-state index in [1.54, 1.807) is 0 Å². The summed E-state index contributed by atoms with van der Waals surface area (Å²) in [4.78, 5) is 4.82. The number of furan rings is 1. The second-order valence-corrected chi connectivity index (χ2v) is 17.3. The zero-order chi connectivity index (χ0) is 45.9. The van der Waals surface area contributed by atoms with Crippen LogP contribution in [0, 0.1) is 0 Å². The van der Waals surface area contributed by atoms with Gasteiger partial charge in [0.25, 0.3) is 0 Å². The van der Waals surface area contributed by atoms with Crippen LogP contribution in [0.3, 0.4) is 0 Å². The molecule has 0 fully saturated rings. The van der Waals surface area contributed by atoms with Crippen LogP contribution in [0.25, 0.3) is 77.6 Å². The van der Waals surface area contributed by atoms with E-state index in [0.717, 1.165) is 95.0 Å². The maximum absolute atomic E-state index is 6.90. The van der Waals surface area contributed by atoms with Gasteiger partial charge in [0, 0.05) is 39.0 Å². The molecule has 0 spiro atoms. The van der Waals surface area contributed by atoms with E-state index in [1.807, 2.05) is 6.07 Å². The van der Waals surface area contributed by atoms with Crippen LogP contribution in [0.5, 0.6) is 0 Å². The van der Waals surface area contributed by atoms with Crippen molar-refractivity contribution in [3.05, 3.63) is 279 Å². The van der Waals surface area contributed by atoms with E-state index in [2.05, 4.69) is 283 Å². The van der Waals surface area contributed by atoms with Gasteiger partial charge in [-0.05, 0) is 105 Å². The average Bonchev–Trinajstić information content (AvgIpc) is 3.82. The first kappa shape index (κ1) is 41.3. The van der Waals surface area contributed by atoms with Crippen LogP contribution in [0.15, 0.2) is 283 Å². The molecule has 12 rings (SSSR count). The molecule has 0 unspecified atom stereocenters. The minimum Gasteiger partial charge on any atom is -0.454 e. The molecule has 0 N–H and O–H groups in total. The third-order valence-electron chi connectivity index (χ3n) is 13.1. The van der Waals surface area contributed by atoms with Crippen LogP contribution < -0.4 is 9.80 Å². The summed E-state index contributed by atoms with van der Waals surface area (Å²) in [5, 5.41) is 2.15. The predicted octanol–water partition coefficient (Wildman–Crippen LogP) is 18.9. The van der Waals surface area contributed by atoms with Gasteiger partial charge in [0.15, 0.2) is 5.58 Å². The van der Waals surface area contributed by atoms with E-state index in [-0.39, 0.29) is 0 Å². The fraction of sp³-hybridized carbons (Fsp3) is 0. The second-order valence-electron chi connectivity index (χ2n) is 17.3. The van der Waals surface area contributed by atoms with E-state index in [0.29, 0.717) is 0 Å². The number of benzene rings is 11. The molecule has 0 radical (unpaired) electrons. The fourth-order valence-corrected chi connectivity index (χ4v) is 9.69. The first-order valence-electron chi connectivity index (χ1n) is 23.5. The molecule has 0 aliphatic heterocycles. The molecule has 0 saturated carbocycles. The van der Waals surface area contributed by atoms with Crippen LogP contribution >= 0.6 is 0 Å². The molecule has 69 heavy (non-hydrogen) atoms. The maximum atomic E-state index is 6.90. The maximum Gasteiger partial charge on any atom is 0.159 e. The SMILES string of the molecule is c1ccc(-c2ccc(N(c3ccc(-c4ccccc4)cc3)c3cc(N(c4ccc(-c5ccccc5)cc4)c4cccc5c4oc4ccccc45)c(-c4ccccc4)cc3-c3ccccc3)cc2)cc1. The minimum absolute atomic E-state index is 0.823. The van der Waals surface area contributed by atoms with Crippen LogP contribution in [-0.2, 0) is 0 Å². The molecule has 11 aromatic carbocycles. The Balaban J connectivity index is 1.15. The lowest BCUT2D eigenvalue weighted by molar-refractivity contribution is 0.669. The van der Waals surface area contributed by atoms with Crippen LogP contribution in [-0.4, -0.2) is 0 Å². The normalized spacial score (nSPS) is 11.2. The highest BCUT2D eigenvalue weighted by molar-refractivity contribution is 6.11. The van der Waals surface area contributed by atoms with Gasteiger partial charge in [-0.3, -0.25) is 0 Å². The van der Waals surface area contributed by atoms with Crippen LogP contribution in [0.2, 0.25) is 0 Å². The lowest BCUT2D eigenvalue weighted by Gasteiger charge is -2.33. The molecule has 1 heterocycles. The van der Waals surface area contributed by atoms with Crippen molar-refractivity contribution in [3.8, 4) is 55.6 Å². The van der Waals surface area contributed by atoms with Crippen molar-refractivity contribution >= 4 is 56.1 Å². The second kappa shape index (κ2) is 18.2. The lowest BCUT2D eigenvalue weighted by atomic mass is 9.93. The summed E-state index contributed by atoms with van der Waals surface area (Å²) in [6.07, 6.45) is 0. The van der Waals surface area contributed by atoms with E-state index in [9.17, 15) is 0 Å². The molecule has 0 amide bonds. The standard InChI is InChI=1S/C66H46N2O/c1-6-19-47(20-7-1)50-33-39-55(40-34-50)67(56-41-35-51(36-42-56)48-21-8-2-9-22-48)63-46-64(61(54-27-14-5-15-28-54)45-60(63)53-25-12-4-13-26-53)68(57-43-37-52(38-44-57)49-23-10-3-11-24-49)62-31-18-30-59-58-29-16-17-32-65(58)69-66(59)62/h1-46H. The van der Waals surface area contributed by atoms with E-state index in [4.69, 9.17) is 4.42 Å². The lowest BCUT2D eigenvalue weighted by Crippen LogP contribution is -2.15. The molecule has 326 valence electrons. The Hall–Kier alpha value is -9.18. The number of hydrogen-bond donors (Lipinski definition) is 0. The molecule has 0 aliphatic carbocycles. The fourth-order valence-electron chi connectivity index (χ4n) is 9.69.